The van der Waals surface area contributed by atoms with Gasteiger partial charge in [-0.2, -0.15) is 0 Å². The molecule has 0 radical (unpaired) electrons. The predicted molar refractivity (Wildman–Crippen MR) is 85.4 cm³/mol. The van der Waals surface area contributed by atoms with Crippen molar-refractivity contribution in [1.82, 2.24) is 5.32 Å². The molecule has 1 aromatic carbocycles. The van der Waals surface area contributed by atoms with E-state index in [2.05, 4.69) is 5.32 Å². The van der Waals surface area contributed by atoms with Crippen LogP contribution in [-0.2, 0) is 14.8 Å². The highest BCUT2D eigenvalue weighted by atomic mass is 32.2. The van der Waals surface area contributed by atoms with Gasteiger partial charge < -0.3 is 14.8 Å². The number of carbonyl (C=O) groups excluding carboxylic acids is 1. The Morgan fingerprint density at radius 3 is 2.61 bits per heavy atom. The van der Waals surface area contributed by atoms with E-state index in [0.717, 1.165) is 19.1 Å². The molecule has 8 heteroatoms. The van der Waals surface area contributed by atoms with Crippen molar-refractivity contribution in [2.45, 2.75) is 25.3 Å². The molecule has 1 heterocycles. The molecule has 2 aliphatic rings. The van der Waals surface area contributed by atoms with Gasteiger partial charge >= 0.3 is 0 Å². The molecule has 3 rings (SSSR count). The van der Waals surface area contributed by atoms with Gasteiger partial charge in [0.25, 0.3) is 0 Å². The number of benzene rings is 1. The maximum atomic E-state index is 12.1. The fraction of sp³-hybridized carbons (Fsp3) is 0.533. The summed E-state index contributed by atoms with van der Waals surface area (Å²) >= 11 is 0. The highest BCUT2D eigenvalue weighted by Crippen LogP contribution is 2.34. The van der Waals surface area contributed by atoms with Crippen molar-refractivity contribution in [3.8, 4) is 11.5 Å². The normalized spacial score (nSPS) is 16.7. The van der Waals surface area contributed by atoms with Crippen LogP contribution in [0, 0.1) is 0 Å². The van der Waals surface area contributed by atoms with Gasteiger partial charge in [0, 0.05) is 25.1 Å². The van der Waals surface area contributed by atoms with Crippen molar-refractivity contribution < 1.29 is 22.7 Å². The molecule has 0 spiro atoms. The van der Waals surface area contributed by atoms with E-state index in [4.69, 9.17) is 9.47 Å². The van der Waals surface area contributed by atoms with Crippen LogP contribution in [0.1, 0.15) is 19.3 Å². The number of ether oxygens (including phenoxy) is 2. The average molecular weight is 340 g/mol. The summed E-state index contributed by atoms with van der Waals surface area (Å²) in [6.07, 6.45) is 3.26. The van der Waals surface area contributed by atoms with Crippen molar-refractivity contribution in [2.24, 2.45) is 0 Å². The number of nitrogens with zero attached hydrogens (tertiary/aromatic N) is 1. The van der Waals surface area contributed by atoms with Crippen molar-refractivity contribution in [2.75, 3.05) is 30.3 Å². The second kappa shape index (κ2) is 6.27. The first-order chi connectivity index (χ1) is 10.9. The molecule has 1 saturated carbocycles. The number of hydrogen-bond acceptors (Lipinski definition) is 5. The summed E-state index contributed by atoms with van der Waals surface area (Å²) in [5.74, 6) is 0.989. The quantitative estimate of drug-likeness (QED) is 0.831. The highest BCUT2D eigenvalue weighted by molar-refractivity contribution is 7.92. The third-order valence-electron chi connectivity index (χ3n) is 3.70. The summed E-state index contributed by atoms with van der Waals surface area (Å²) in [7, 11) is -3.50. The van der Waals surface area contributed by atoms with Crippen molar-refractivity contribution in [1.29, 1.82) is 0 Å². The highest BCUT2D eigenvalue weighted by Gasteiger charge is 2.25. The average Bonchev–Trinajstić information content (AvgIpc) is 3.30. The zero-order valence-electron chi connectivity index (χ0n) is 12.9. The first kappa shape index (κ1) is 15.9. The van der Waals surface area contributed by atoms with E-state index in [9.17, 15) is 13.2 Å². The van der Waals surface area contributed by atoms with E-state index in [-0.39, 0.29) is 24.9 Å². The minimum Gasteiger partial charge on any atom is -0.486 e. The first-order valence-electron chi connectivity index (χ1n) is 7.60. The van der Waals surface area contributed by atoms with Gasteiger partial charge in [0.1, 0.15) is 13.2 Å². The lowest BCUT2D eigenvalue weighted by atomic mass is 10.2. The van der Waals surface area contributed by atoms with Crippen LogP contribution >= 0.6 is 0 Å². The standard InChI is InChI=1S/C15H20N2O5S/c1-23(19,20)17(7-6-15(18)16-11-2-3-11)12-4-5-13-14(10-12)22-9-8-21-13/h4-5,10-11H,2-3,6-9H2,1H3,(H,16,18). The third kappa shape index (κ3) is 4.07. The molecule has 1 aliphatic carbocycles. The number of sulfonamides is 1. The molecular weight excluding hydrogens is 320 g/mol. The van der Waals surface area contributed by atoms with Gasteiger partial charge in [0.05, 0.1) is 11.9 Å². The fourth-order valence-corrected chi connectivity index (χ4v) is 3.32. The molecule has 0 bridgehead atoms. The Hall–Kier alpha value is -1.96. The van der Waals surface area contributed by atoms with E-state index < -0.39 is 10.0 Å². The van der Waals surface area contributed by atoms with E-state index in [1.807, 2.05) is 0 Å². The molecule has 23 heavy (non-hydrogen) atoms. The molecule has 0 aromatic heterocycles. The maximum absolute atomic E-state index is 12.1. The fourth-order valence-electron chi connectivity index (χ4n) is 2.40. The Morgan fingerprint density at radius 1 is 1.26 bits per heavy atom. The molecule has 1 aromatic rings. The number of hydrogen-bond donors (Lipinski definition) is 1. The summed E-state index contributed by atoms with van der Waals surface area (Å²) in [6, 6.07) is 5.25. The van der Waals surface area contributed by atoms with Crippen molar-refractivity contribution >= 4 is 21.6 Å². The Morgan fingerprint density at radius 2 is 1.96 bits per heavy atom. The lowest BCUT2D eigenvalue weighted by Gasteiger charge is -2.25. The predicted octanol–water partition coefficient (Wildman–Crippen LogP) is 0.892. The molecule has 7 nitrogen and oxygen atoms in total. The molecule has 0 saturated heterocycles. The Bertz CT molecular complexity index is 700. The van der Waals surface area contributed by atoms with Crippen molar-refractivity contribution in [3.05, 3.63) is 18.2 Å². The van der Waals surface area contributed by atoms with Crippen LogP contribution in [0.5, 0.6) is 11.5 Å². The van der Waals surface area contributed by atoms with Gasteiger partial charge in [-0.15, -0.1) is 0 Å². The number of nitrogens with one attached hydrogen (secondary N) is 1. The number of amides is 1. The second-order valence-electron chi connectivity index (χ2n) is 5.75. The molecule has 0 atom stereocenters. The second-order valence-corrected chi connectivity index (χ2v) is 7.66. The Balaban J connectivity index is 1.74. The molecule has 1 aliphatic heterocycles. The number of rotatable bonds is 6. The molecule has 1 amide bonds. The number of fused-ring (bicyclic) bond motifs is 1. The molecular formula is C15H20N2O5S. The van der Waals surface area contributed by atoms with E-state index in [0.29, 0.717) is 30.4 Å². The summed E-state index contributed by atoms with van der Waals surface area (Å²) in [5, 5.41) is 2.86. The van der Waals surface area contributed by atoms with Crippen LogP contribution in [0.25, 0.3) is 0 Å². The minimum absolute atomic E-state index is 0.0943. The molecule has 126 valence electrons. The van der Waals surface area contributed by atoms with Crippen LogP contribution < -0.4 is 19.1 Å². The first-order valence-corrected chi connectivity index (χ1v) is 9.45. The zero-order valence-corrected chi connectivity index (χ0v) is 13.8. The number of carbonyl (C=O) groups is 1. The third-order valence-corrected chi connectivity index (χ3v) is 4.89. The lowest BCUT2D eigenvalue weighted by Crippen LogP contribution is -2.35. The maximum Gasteiger partial charge on any atom is 0.232 e. The van der Waals surface area contributed by atoms with Gasteiger partial charge in [0.2, 0.25) is 15.9 Å². The SMILES string of the molecule is CS(=O)(=O)N(CCC(=O)NC1CC1)c1ccc2c(c1)OCCO2. The summed E-state index contributed by atoms with van der Waals surface area (Å²) in [5.41, 5.74) is 0.468. The zero-order chi connectivity index (χ0) is 16.4. The Labute approximate surface area is 135 Å². The van der Waals surface area contributed by atoms with Crippen LogP contribution in [-0.4, -0.2) is 46.4 Å². The van der Waals surface area contributed by atoms with Gasteiger partial charge in [-0.25, -0.2) is 8.42 Å². The van der Waals surface area contributed by atoms with Crippen molar-refractivity contribution in [3.63, 3.8) is 0 Å². The summed E-state index contributed by atoms with van der Waals surface area (Å²) < 4.78 is 36.3. The van der Waals surface area contributed by atoms with Crippen LogP contribution in [0.4, 0.5) is 5.69 Å². The van der Waals surface area contributed by atoms with Gasteiger partial charge in [-0.3, -0.25) is 9.10 Å². The topological polar surface area (TPSA) is 84.9 Å². The van der Waals surface area contributed by atoms with Gasteiger partial charge in [-0.05, 0) is 25.0 Å². The lowest BCUT2D eigenvalue weighted by molar-refractivity contribution is -0.121. The summed E-state index contributed by atoms with van der Waals surface area (Å²) in [6.45, 7) is 1.000. The molecule has 1 N–H and O–H groups in total. The smallest absolute Gasteiger partial charge is 0.232 e. The van der Waals surface area contributed by atoms with E-state index in [1.165, 1.54) is 4.31 Å². The largest absolute Gasteiger partial charge is 0.486 e. The van der Waals surface area contributed by atoms with Crippen LogP contribution in [0.2, 0.25) is 0 Å². The monoisotopic (exact) mass is 340 g/mol. The summed E-state index contributed by atoms with van der Waals surface area (Å²) in [4.78, 5) is 11.8. The van der Waals surface area contributed by atoms with Gasteiger partial charge in [0.15, 0.2) is 11.5 Å². The molecule has 1 fully saturated rings. The van der Waals surface area contributed by atoms with Gasteiger partial charge in [-0.1, -0.05) is 0 Å². The van der Waals surface area contributed by atoms with E-state index in [1.54, 1.807) is 18.2 Å². The number of anilines is 1. The Kier molecular flexibility index (Phi) is 4.34. The minimum atomic E-state index is -3.50. The van der Waals surface area contributed by atoms with E-state index >= 15 is 0 Å². The van der Waals surface area contributed by atoms with Crippen LogP contribution in [0.3, 0.4) is 0 Å². The van der Waals surface area contributed by atoms with Crippen LogP contribution in [0.15, 0.2) is 18.2 Å². The molecule has 0 unspecified atom stereocenters.